The van der Waals surface area contributed by atoms with E-state index in [2.05, 4.69) is 0 Å². The normalized spacial score (nSPS) is 14.1. The third kappa shape index (κ3) is 3.86. The summed E-state index contributed by atoms with van der Waals surface area (Å²) in [4.78, 5) is 12.7. The first-order chi connectivity index (χ1) is 13.9. The van der Waals surface area contributed by atoms with E-state index in [1.807, 2.05) is 6.07 Å². The monoisotopic (exact) mass is 428 g/mol. The second-order valence-corrected chi connectivity index (χ2v) is 7.39. The summed E-state index contributed by atoms with van der Waals surface area (Å²) in [6.07, 6.45) is 1.65. The van der Waals surface area contributed by atoms with Crippen LogP contribution in [0.2, 0.25) is 10.0 Å². The Labute approximate surface area is 177 Å². The van der Waals surface area contributed by atoms with E-state index in [4.69, 9.17) is 32.7 Å². The van der Waals surface area contributed by atoms with Gasteiger partial charge in [-0.2, -0.15) is 0 Å². The van der Waals surface area contributed by atoms with Gasteiger partial charge in [0.05, 0.1) is 10.6 Å². The molecule has 0 fully saturated rings. The summed E-state index contributed by atoms with van der Waals surface area (Å²) in [5.41, 5.74) is 2.13. The molecule has 0 aromatic heterocycles. The highest BCUT2D eigenvalue weighted by Crippen LogP contribution is 2.39. The second-order valence-electron chi connectivity index (χ2n) is 6.55. The van der Waals surface area contributed by atoms with E-state index < -0.39 is 5.82 Å². The molecule has 0 N–H and O–H groups in total. The lowest BCUT2D eigenvalue weighted by Gasteiger charge is -2.12. The Morgan fingerprint density at radius 3 is 2.66 bits per heavy atom. The van der Waals surface area contributed by atoms with Gasteiger partial charge < -0.3 is 9.47 Å². The Bertz CT molecular complexity index is 1130. The van der Waals surface area contributed by atoms with Gasteiger partial charge in [0.15, 0.2) is 5.76 Å². The van der Waals surface area contributed by atoms with E-state index in [0.29, 0.717) is 32.7 Å². The van der Waals surface area contributed by atoms with Gasteiger partial charge in [0.2, 0.25) is 5.78 Å². The number of hydrogen-bond donors (Lipinski definition) is 0. The topological polar surface area (TPSA) is 35.5 Å². The van der Waals surface area contributed by atoms with E-state index >= 15 is 0 Å². The summed E-state index contributed by atoms with van der Waals surface area (Å²) >= 11 is 12.1. The zero-order valence-electron chi connectivity index (χ0n) is 15.3. The van der Waals surface area contributed by atoms with E-state index in [0.717, 1.165) is 5.56 Å². The first-order valence-corrected chi connectivity index (χ1v) is 9.59. The molecule has 3 aromatic rings. The molecule has 0 saturated carbocycles. The highest BCUT2D eigenvalue weighted by atomic mass is 35.5. The summed E-state index contributed by atoms with van der Waals surface area (Å²) in [5, 5.41) is 0.864. The number of allylic oxidation sites excluding steroid dienone is 1. The largest absolute Gasteiger partial charge is 0.488 e. The Morgan fingerprint density at radius 2 is 1.90 bits per heavy atom. The average molecular weight is 429 g/mol. The number of fused-ring (bicyclic) bond motifs is 1. The van der Waals surface area contributed by atoms with Crippen molar-refractivity contribution in [2.24, 2.45) is 0 Å². The molecule has 3 nitrogen and oxygen atoms in total. The van der Waals surface area contributed by atoms with E-state index in [9.17, 15) is 9.18 Å². The standard InChI is InChI=1S/C23H15Cl2FO3/c1-13-20(28-12-17-18(25)6-3-7-19(17)26)9-8-16-22(27)21(29-23(13)16)11-14-4-2-5-15(24)10-14/h2-11H,12H2,1H3/b21-11-. The van der Waals surface area contributed by atoms with Gasteiger partial charge in [-0.05, 0) is 55.0 Å². The first-order valence-electron chi connectivity index (χ1n) is 8.83. The lowest BCUT2D eigenvalue weighted by atomic mass is 10.1. The van der Waals surface area contributed by atoms with Gasteiger partial charge in [0.1, 0.15) is 23.9 Å². The highest BCUT2D eigenvalue weighted by molar-refractivity contribution is 6.31. The summed E-state index contributed by atoms with van der Waals surface area (Å²) in [6, 6.07) is 14.9. The average Bonchev–Trinajstić information content (AvgIpc) is 2.99. The Morgan fingerprint density at radius 1 is 1.10 bits per heavy atom. The molecule has 29 heavy (non-hydrogen) atoms. The van der Waals surface area contributed by atoms with Crippen LogP contribution in [0.25, 0.3) is 6.08 Å². The number of ketones is 1. The molecule has 0 atom stereocenters. The maximum Gasteiger partial charge on any atom is 0.231 e. The van der Waals surface area contributed by atoms with Crippen LogP contribution < -0.4 is 9.47 Å². The minimum Gasteiger partial charge on any atom is -0.488 e. The van der Waals surface area contributed by atoms with Crippen molar-refractivity contribution in [1.82, 2.24) is 0 Å². The summed E-state index contributed by atoms with van der Waals surface area (Å²) in [6.45, 7) is 1.75. The lowest BCUT2D eigenvalue weighted by molar-refractivity contribution is 0.101. The third-order valence-corrected chi connectivity index (χ3v) is 5.21. The van der Waals surface area contributed by atoms with Gasteiger partial charge in [0, 0.05) is 16.1 Å². The molecular formula is C23H15Cl2FO3. The molecule has 146 valence electrons. The van der Waals surface area contributed by atoms with Crippen LogP contribution in [-0.4, -0.2) is 5.78 Å². The molecule has 4 rings (SSSR count). The van der Waals surface area contributed by atoms with Crippen molar-refractivity contribution in [3.05, 3.63) is 98.5 Å². The fourth-order valence-corrected chi connectivity index (χ4v) is 3.51. The molecule has 0 saturated heterocycles. The van der Waals surface area contributed by atoms with Crippen LogP contribution in [0, 0.1) is 12.7 Å². The fourth-order valence-electron chi connectivity index (χ4n) is 3.09. The lowest BCUT2D eigenvalue weighted by Crippen LogP contribution is -2.01. The number of benzene rings is 3. The predicted octanol–water partition coefficient (Wildman–Crippen LogP) is 6.64. The van der Waals surface area contributed by atoms with Gasteiger partial charge in [-0.3, -0.25) is 4.79 Å². The van der Waals surface area contributed by atoms with E-state index in [1.165, 1.54) is 12.1 Å². The molecule has 0 spiro atoms. The van der Waals surface area contributed by atoms with Crippen molar-refractivity contribution in [3.63, 3.8) is 0 Å². The fraction of sp³-hybridized carbons (Fsp3) is 0.0870. The Hall–Kier alpha value is -2.82. The van der Waals surface area contributed by atoms with Gasteiger partial charge in [-0.25, -0.2) is 4.39 Å². The second kappa shape index (κ2) is 7.90. The number of halogens is 3. The van der Waals surface area contributed by atoms with Crippen LogP contribution in [0.5, 0.6) is 11.5 Å². The summed E-state index contributed by atoms with van der Waals surface area (Å²) in [5.74, 6) is 0.473. The van der Waals surface area contributed by atoms with Crippen molar-refractivity contribution in [2.75, 3.05) is 0 Å². The number of carbonyl (C=O) groups is 1. The molecule has 1 heterocycles. The van der Waals surface area contributed by atoms with Crippen LogP contribution in [-0.2, 0) is 6.61 Å². The van der Waals surface area contributed by atoms with Crippen molar-refractivity contribution < 1.29 is 18.7 Å². The minimum absolute atomic E-state index is 0.0374. The van der Waals surface area contributed by atoms with Crippen molar-refractivity contribution in [1.29, 1.82) is 0 Å². The molecule has 1 aliphatic heterocycles. The molecule has 0 bridgehead atoms. The van der Waals surface area contributed by atoms with E-state index in [-0.39, 0.29) is 23.7 Å². The van der Waals surface area contributed by atoms with Crippen molar-refractivity contribution in [3.8, 4) is 11.5 Å². The van der Waals surface area contributed by atoms with Gasteiger partial charge in [-0.15, -0.1) is 0 Å². The summed E-state index contributed by atoms with van der Waals surface area (Å²) in [7, 11) is 0. The van der Waals surface area contributed by atoms with Crippen LogP contribution in [0.1, 0.15) is 27.0 Å². The molecule has 1 aliphatic rings. The maximum absolute atomic E-state index is 14.0. The smallest absolute Gasteiger partial charge is 0.231 e. The molecular weight excluding hydrogens is 414 g/mol. The summed E-state index contributed by atoms with van der Waals surface area (Å²) < 4.78 is 25.5. The molecule has 6 heteroatoms. The van der Waals surface area contributed by atoms with Crippen LogP contribution in [0.3, 0.4) is 0 Å². The molecule has 0 unspecified atom stereocenters. The molecule has 0 aliphatic carbocycles. The quantitative estimate of drug-likeness (QED) is 0.437. The Balaban J connectivity index is 1.60. The molecule has 3 aromatic carbocycles. The number of rotatable bonds is 4. The maximum atomic E-state index is 14.0. The zero-order chi connectivity index (χ0) is 20.5. The Kier molecular flexibility index (Phi) is 5.31. The van der Waals surface area contributed by atoms with Gasteiger partial charge in [-0.1, -0.05) is 41.4 Å². The molecule has 0 amide bonds. The van der Waals surface area contributed by atoms with Crippen molar-refractivity contribution in [2.45, 2.75) is 13.5 Å². The zero-order valence-corrected chi connectivity index (χ0v) is 16.9. The van der Waals surface area contributed by atoms with Gasteiger partial charge in [0.25, 0.3) is 0 Å². The van der Waals surface area contributed by atoms with Crippen LogP contribution >= 0.6 is 23.2 Å². The third-order valence-electron chi connectivity index (χ3n) is 4.62. The SMILES string of the molecule is Cc1c(OCc2c(F)cccc2Cl)ccc2c1O/C(=C\c1cccc(Cl)c1)C2=O. The van der Waals surface area contributed by atoms with E-state index in [1.54, 1.807) is 49.4 Å². The molecule has 0 radical (unpaired) electrons. The first kappa shape index (κ1) is 19.5. The number of ether oxygens (including phenoxy) is 2. The predicted molar refractivity (Wildman–Crippen MR) is 111 cm³/mol. The van der Waals surface area contributed by atoms with Gasteiger partial charge >= 0.3 is 0 Å². The number of carbonyl (C=O) groups excluding carboxylic acids is 1. The van der Waals surface area contributed by atoms with Crippen LogP contribution in [0.15, 0.2) is 60.4 Å². The number of hydrogen-bond acceptors (Lipinski definition) is 3. The van der Waals surface area contributed by atoms with Crippen LogP contribution in [0.4, 0.5) is 4.39 Å². The minimum atomic E-state index is -0.436. The van der Waals surface area contributed by atoms with Crippen molar-refractivity contribution >= 4 is 35.1 Å². The highest BCUT2D eigenvalue weighted by Gasteiger charge is 2.30. The number of Topliss-reactive ketones (excluding diaryl/α,β-unsaturated/α-hetero) is 1.